The summed E-state index contributed by atoms with van der Waals surface area (Å²) in [4.78, 5) is 41.2. The van der Waals surface area contributed by atoms with Crippen molar-refractivity contribution in [3.63, 3.8) is 0 Å². The molecule has 6 nitrogen and oxygen atoms in total. The lowest BCUT2D eigenvalue weighted by molar-refractivity contribution is -0.147. The van der Waals surface area contributed by atoms with Gasteiger partial charge in [-0.05, 0) is 62.7 Å². The monoisotopic (exact) mass is 405 g/mol. The Kier molecular flexibility index (Phi) is 6.59. The Morgan fingerprint density at radius 3 is 2.59 bits per heavy atom. The molecule has 6 heteroatoms. The molecule has 3 aliphatic rings. The fraction of sp³-hybridized carbons (Fsp3) is 0.870. The van der Waals surface area contributed by atoms with Crippen molar-refractivity contribution in [2.24, 2.45) is 17.3 Å². The maximum Gasteiger partial charge on any atom is 0.245 e. The van der Waals surface area contributed by atoms with E-state index in [4.69, 9.17) is 0 Å². The summed E-state index contributed by atoms with van der Waals surface area (Å²) in [6.45, 7) is 9.50. The molecule has 5 unspecified atom stereocenters. The molecule has 1 N–H and O–H groups in total. The number of nitrogens with zero attached hydrogens (tertiary/aromatic N) is 2. The van der Waals surface area contributed by atoms with Crippen LogP contribution in [-0.4, -0.2) is 59.2 Å². The van der Waals surface area contributed by atoms with Crippen LogP contribution in [0.5, 0.6) is 0 Å². The summed E-state index contributed by atoms with van der Waals surface area (Å²) in [6.07, 6.45) is 6.89. The van der Waals surface area contributed by atoms with Crippen molar-refractivity contribution in [3.8, 4) is 0 Å². The van der Waals surface area contributed by atoms with Crippen LogP contribution in [0, 0.1) is 17.3 Å². The molecule has 0 aromatic rings. The highest BCUT2D eigenvalue weighted by Gasteiger charge is 2.40. The number of hydrogen-bond acceptors (Lipinski definition) is 3. The molecule has 2 aliphatic heterocycles. The molecular formula is C23H39N3O3. The Hall–Kier alpha value is -1.59. The van der Waals surface area contributed by atoms with Gasteiger partial charge in [0.15, 0.2) is 0 Å². The van der Waals surface area contributed by atoms with Crippen molar-refractivity contribution < 1.29 is 14.4 Å². The molecule has 3 fully saturated rings. The number of likely N-dealkylation sites (N-methyl/N-ethyl adjacent to an activating group) is 1. The lowest BCUT2D eigenvalue weighted by atomic mass is 9.67. The molecule has 0 aromatic heterocycles. The fourth-order valence-corrected chi connectivity index (χ4v) is 6.16. The van der Waals surface area contributed by atoms with Gasteiger partial charge >= 0.3 is 0 Å². The first-order chi connectivity index (χ1) is 13.6. The lowest BCUT2D eigenvalue weighted by Crippen LogP contribution is -2.52. The Bertz CT molecular complexity index is 647. The van der Waals surface area contributed by atoms with Gasteiger partial charge in [0.1, 0.15) is 6.04 Å². The molecule has 1 aliphatic carbocycles. The van der Waals surface area contributed by atoms with E-state index >= 15 is 0 Å². The summed E-state index contributed by atoms with van der Waals surface area (Å²) >= 11 is 0. The normalized spacial score (nSPS) is 34.9. The van der Waals surface area contributed by atoms with Gasteiger partial charge < -0.3 is 15.1 Å². The predicted molar refractivity (Wildman–Crippen MR) is 113 cm³/mol. The highest BCUT2D eigenvalue weighted by atomic mass is 16.2. The molecule has 0 radical (unpaired) electrons. The quantitative estimate of drug-likeness (QED) is 0.782. The van der Waals surface area contributed by atoms with E-state index in [0.29, 0.717) is 36.6 Å². The van der Waals surface area contributed by atoms with Gasteiger partial charge in [0, 0.05) is 38.5 Å². The van der Waals surface area contributed by atoms with Gasteiger partial charge in [-0.3, -0.25) is 14.4 Å². The Morgan fingerprint density at radius 1 is 1.17 bits per heavy atom. The van der Waals surface area contributed by atoms with E-state index in [2.05, 4.69) is 26.1 Å². The molecule has 29 heavy (non-hydrogen) atoms. The number of amides is 3. The topological polar surface area (TPSA) is 69.7 Å². The second-order valence-electron chi connectivity index (χ2n) is 10.7. The fourth-order valence-electron chi connectivity index (χ4n) is 6.16. The van der Waals surface area contributed by atoms with Gasteiger partial charge in [-0.25, -0.2) is 0 Å². The van der Waals surface area contributed by atoms with Gasteiger partial charge in [-0.2, -0.15) is 0 Å². The van der Waals surface area contributed by atoms with Crippen LogP contribution in [0.4, 0.5) is 0 Å². The minimum absolute atomic E-state index is 0.0140. The maximum atomic E-state index is 13.0. The van der Waals surface area contributed by atoms with Crippen molar-refractivity contribution in [2.45, 2.75) is 97.2 Å². The number of nitrogens with one attached hydrogen (secondary N) is 1. The molecule has 1 saturated carbocycles. The molecule has 2 saturated heterocycles. The SMILES string of the molecule is CC1CC(CC(=O)NC2CC(C)N(C(=O)C3CCCC(=O)N3C)C2)CC(C)(C)C1. The van der Waals surface area contributed by atoms with Crippen LogP contribution in [-0.2, 0) is 14.4 Å². The molecule has 0 spiro atoms. The van der Waals surface area contributed by atoms with Crippen LogP contribution in [0.3, 0.4) is 0 Å². The van der Waals surface area contributed by atoms with Crippen molar-refractivity contribution in [1.82, 2.24) is 15.1 Å². The van der Waals surface area contributed by atoms with Crippen molar-refractivity contribution in [1.29, 1.82) is 0 Å². The van der Waals surface area contributed by atoms with Crippen molar-refractivity contribution in [3.05, 3.63) is 0 Å². The third-order valence-electron chi connectivity index (χ3n) is 7.19. The predicted octanol–water partition coefficient (Wildman–Crippen LogP) is 2.96. The third-order valence-corrected chi connectivity index (χ3v) is 7.19. The van der Waals surface area contributed by atoms with Gasteiger partial charge in [0.25, 0.3) is 0 Å². The summed E-state index contributed by atoms with van der Waals surface area (Å²) in [5.74, 6) is 1.33. The first-order valence-electron chi connectivity index (χ1n) is 11.4. The molecule has 3 amide bonds. The first kappa shape index (κ1) is 22.1. The summed E-state index contributed by atoms with van der Waals surface area (Å²) in [5.41, 5.74) is 0.317. The highest BCUT2D eigenvalue weighted by molar-refractivity contribution is 5.89. The van der Waals surface area contributed by atoms with E-state index in [1.54, 1.807) is 11.9 Å². The first-order valence-corrected chi connectivity index (χ1v) is 11.4. The second kappa shape index (κ2) is 8.65. The molecule has 3 rings (SSSR count). The third kappa shape index (κ3) is 5.32. The summed E-state index contributed by atoms with van der Waals surface area (Å²) < 4.78 is 0. The zero-order valence-corrected chi connectivity index (χ0v) is 18.9. The van der Waals surface area contributed by atoms with E-state index in [-0.39, 0.29) is 35.8 Å². The van der Waals surface area contributed by atoms with Crippen molar-refractivity contribution in [2.75, 3.05) is 13.6 Å². The van der Waals surface area contributed by atoms with Crippen LogP contribution < -0.4 is 5.32 Å². The molecule has 2 heterocycles. The van der Waals surface area contributed by atoms with E-state index in [0.717, 1.165) is 32.1 Å². The Labute approximate surface area is 175 Å². The van der Waals surface area contributed by atoms with Gasteiger partial charge in [0.05, 0.1) is 0 Å². The highest BCUT2D eigenvalue weighted by Crippen LogP contribution is 2.42. The number of likely N-dealkylation sites (tertiary alicyclic amines) is 2. The Morgan fingerprint density at radius 2 is 1.90 bits per heavy atom. The number of rotatable bonds is 4. The van der Waals surface area contributed by atoms with Crippen LogP contribution in [0.2, 0.25) is 0 Å². The van der Waals surface area contributed by atoms with E-state index in [1.807, 2.05) is 11.8 Å². The summed E-state index contributed by atoms with van der Waals surface area (Å²) in [7, 11) is 1.73. The minimum atomic E-state index is -0.348. The number of carbonyl (C=O) groups is 3. The second-order valence-corrected chi connectivity index (χ2v) is 10.7. The van der Waals surface area contributed by atoms with Crippen LogP contribution in [0.1, 0.15) is 79.1 Å². The van der Waals surface area contributed by atoms with E-state index in [9.17, 15) is 14.4 Å². The van der Waals surface area contributed by atoms with Gasteiger partial charge in [0.2, 0.25) is 17.7 Å². The Balaban J connectivity index is 1.52. The molecular weight excluding hydrogens is 366 g/mol. The molecule has 164 valence electrons. The number of piperidine rings is 1. The van der Waals surface area contributed by atoms with Crippen LogP contribution in [0.25, 0.3) is 0 Å². The largest absolute Gasteiger partial charge is 0.352 e. The van der Waals surface area contributed by atoms with Crippen LogP contribution >= 0.6 is 0 Å². The average Bonchev–Trinajstić information content (AvgIpc) is 2.94. The van der Waals surface area contributed by atoms with Crippen LogP contribution in [0.15, 0.2) is 0 Å². The molecule has 0 aromatic carbocycles. The smallest absolute Gasteiger partial charge is 0.245 e. The lowest BCUT2D eigenvalue weighted by Gasteiger charge is -2.39. The maximum absolute atomic E-state index is 13.0. The van der Waals surface area contributed by atoms with Gasteiger partial charge in [-0.1, -0.05) is 20.8 Å². The minimum Gasteiger partial charge on any atom is -0.352 e. The van der Waals surface area contributed by atoms with Gasteiger partial charge in [-0.15, -0.1) is 0 Å². The summed E-state index contributed by atoms with van der Waals surface area (Å²) in [5, 5.41) is 3.19. The average molecular weight is 406 g/mol. The number of hydrogen-bond donors (Lipinski definition) is 1. The zero-order chi connectivity index (χ0) is 21.3. The molecule has 5 atom stereocenters. The standard InChI is InChI=1S/C23H39N3O3/c1-15-9-17(13-23(3,4)12-15)11-20(27)24-18-10-16(2)26(14-18)22(29)19-7-6-8-21(28)25(19)5/h15-19H,6-14H2,1-5H3,(H,24,27). The number of carbonyl (C=O) groups excluding carboxylic acids is 3. The zero-order valence-electron chi connectivity index (χ0n) is 18.9. The van der Waals surface area contributed by atoms with Crippen molar-refractivity contribution >= 4 is 17.7 Å². The van der Waals surface area contributed by atoms with E-state index < -0.39 is 0 Å². The van der Waals surface area contributed by atoms with E-state index in [1.165, 1.54) is 6.42 Å². The molecule has 0 bridgehead atoms. The summed E-state index contributed by atoms with van der Waals surface area (Å²) in [6, 6.07) is -0.244.